The highest BCUT2D eigenvalue weighted by atomic mass is 32.1. The Hall–Kier alpha value is -1.61. The van der Waals surface area contributed by atoms with Crippen LogP contribution in [0.3, 0.4) is 0 Å². The van der Waals surface area contributed by atoms with Gasteiger partial charge in [0.15, 0.2) is 0 Å². The van der Waals surface area contributed by atoms with Crippen LogP contribution in [-0.2, 0) is 12.8 Å². The third-order valence-electron chi connectivity index (χ3n) is 5.06. The van der Waals surface area contributed by atoms with E-state index in [1.54, 1.807) is 16.2 Å². The molecule has 1 aromatic carbocycles. The molecule has 1 aliphatic carbocycles. The Morgan fingerprint density at radius 1 is 1.22 bits per heavy atom. The van der Waals surface area contributed by atoms with Gasteiger partial charge in [-0.1, -0.05) is 39.0 Å². The molecule has 0 N–H and O–H groups in total. The van der Waals surface area contributed by atoms with Crippen LogP contribution in [0.1, 0.15) is 48.0 Å². The number of carbonyl (C=O) groups excluding carboxylic acids is 1. The Morgan fingerprint density at radius 3 is 2.57 bits per heavy atom. The lowest BCUT2D eigenvalue weighted by Crippen LogP contribution is -2.29. The van der Waals surface area contributed by atoms with Crippen molar-refractivity contribution >= 4 is 22.9 Å². The second-order valence-electron chi connectivity index (χ2n) is 7.56. The number of nitrogens with zero attached hydrogens (tertiary/aromatic N) is 1. The van der Waals surface area contributed by atoms with Gasteiger partial charge < -0.3 is 4.90 Å². The van der Waals surface area contributed by atoms with E-state index in [9.17, 15) is 4.79 Å². The minimum absolute atomic E-state index is 0.114. The van der Waals surface area contributed by atoms with Gasteiger partial charge in [0.2, 0.25) is 0 Å². The molecular weight excluding hydrogens is 302 g/mol. The SMILES string of the molecule is CN(C(=O)c1csc2c1CCC(C(C)(C)C)C2)c1ccccc1. The maximum absolute atomic E-state index is 12.9. The summed E-state index contributed by atoms with van der Waals surface area (Å²) in [5.41, 5.74) is 3.49. The largest absolute Gasteiger partial charge is 0.311 e. The summed E-state index contributed by atoms with van der Waals surface area (Å²) in [6.45, 7) is 6.97. The number of carbonyl (C=O) groups is 1. The van der Waals surface area contributed by atoms with Crippen LogP contribution < -0.4 is 4.90 Å². The van der Waals surface area contributed by atoms with Crippen LogP contribution in [0.4, 0.5) is 5.69 Å². The lowest BCUT2D eigenvalue weighted by atomic mass is 9.72. The quantitative estimate of drug-likeness (QED) is 0.744. The first-order valence-electron chi connectivity index (χ1n) is 8.30. The van der Waals surface area contributed by atoms with Crippen molar-refractivity contribution in [1.29, 1.82) is 0 Å². The third kappa shape index (κ3) is 3.20. The fourth-order valence-electron chi connectivity index (χ4n) is 3.38. The van der Waals surface area contributed by atoms with E-state index in [0.29, 0.717) is 11.3 Å². The highest BCUT2D eigenvalue weighted by Crippen LogP contribution is 2.40. The maximum Gasteiger partial charge on any atom is 0.259 e. The Balaban J connectivity index is 1.84. The number of hydrogen-bond acceptors (Lipinski definition) is 2. The Bertz CT molecular complexity index is 696. The molecular formula is C20H25NOS. The molecule has 1 aromatic heterocycles. The van der Waals surface area contributed by atoms with Gasteiger partial charge in [0.05, 0.1) is 5.56 Å². The first kappa shape index (κ1) is 16.3. The van der Waals surface area contributed by atoms with Crippen molar-refractivity contribution in [3.63, 3.8) is 0 Å². The molecule has 23 heavy (non-hydrogen) atoms. The van der Waals surface area contributed by atoms with Gasteiger partial charge in [-0.05, 0) is 48.3 Å². The molecule has 1 unspecified atom stereocenters. The average Bonchev–Trinajstić information content (AvgIpc) is 2.96. The standard InChI is InChI=1S/C20H25NOS/c1-20(2,3)14-10-11-16-17(13-23-18(16)12-14)19(22)21(4)15-8-6-5-7-9-15/h5-9,13-14H,10-12H2,1-4H3. The number of anilines is 1. The van der Waals surface area contributed by atoms with Gasteiger partial charge in [-0.2, -0.15) is 0 Å². The number of thiophene rings is 1. The molecule has 3 heteroatoms. The third-order valence-corrected chi connectivity index (χ3v) is 6.11. The van der Waals surface area contributed by atoms with E-state index in [4.69, 9.17) is 0 Å². The molecule has 2 aromatic rings. The summed E-state index contributed by atoms with van der Waals surface area (Å²) in [6.07, 6.45) is 3.33. The van der Waals surface area contributed by atoms with Crippen LogP contribution in [0.15, 0.2) is 35.7 Å². The van der Waals surface area contributed by atoms with Gasteiger partial charge in [-0.15, -0.1) is 11.3 Å². The fraction of sp³-hybridized carbons (Fsp3) is 0.450. The van der Waals surface area contributed by atoms with Crippen molar-refractivity contribution in [2.24, 2.45) is 11.3 Å². The zero-order valence-electron chi connectivity index (χ0n) is 14.4. The second kappa shape index (κ2) is 6.12. The topological polar surface area (TPSA) is 20.3 Å². The van der Waals surface area contributed by atoms with Gasteiger partial charge in [0.25, 0.3) is 5.91 Å². The van der Waals surface area contributed by atoms with Crippen molar-refractivity contribution < 1.29 is 4.79 Å². The number of benzene rings is 1. The minimum atomic E-state index is 0.114. The van der Waals surface area contributed by atoms with E-state index >= 15 is 0 Å². The predicted molar refractivity (Wildman–Crippen MR) is 98.5 cm³/mol. The smallest absolute Gasteiger partial charge is 0.259 e. The summed E-state index contributed by atoms with van der Waals surface area (Å²) in [4.78, 5) is 16.1. The van der Waals surface area contributed by atoms with E-state index in [2.05, 4.69) is 26.2 Å². The first-order chi connectivity index (χ1) is 10.9. The van der Waals surface area contributed by atoms with Crippen LogP contribution in [0.2, 0.25) is 0 Å². The van der Waals surface area contributed by atoms with Gasteiger partial charge in [-0.25, -0.2) is 0 Å². The summed E-state index contributed by atoms with van der Waals surface area (Å²) in [7, 11) is 1.86. The molecule has 2 nitrogen and oxygen atoms in total. The van der Waals surface area contributed by atoms with Crippen molar-refractivity contribution in [2.45, 2.75) is 40.0 Å². The lowest BCUT2D eigenvalue weighted by molar-refractivity contribution is 0.0992. The predicted octanol–water partition coefficient (Wildman–Crippen LogP) is 5.18. The molecule has 0 aliphatic heterocycles. The molecule has 0 saturated heterocycles. The van der Waals surface area contributed by atoms with E-state index in [0.717, 1.165) is 24.1 Å². The summed E-state index contributed by atoms with van der Waals surface area (Å²) in [5, 5.41) is 2.07. The molecule has 1 heterocycles. The van der Waals surface area contributed by atoms with Crippen LogP contribution in [0, 0.1) is 11.3 Å². The van der Waals surface area contributed by atoms with Crippen molar-refractivity contribution in [3.05, 3.63) is 51.7 Å². The van der Waals surface area contributed by atoms with Crippen LogP contribution in [-0.4, -0.2) is 13.0 Å². The van der Waals surface area contributed by atoms with Gasteiger partial charge in [0.1, 0.15) is 0 Å². The Kier molecular flexibility index (Phi) is 4.33. The molecule has 0 saturated carbocycles. The number of fused-ring (bicyclic) bond motifs is 1. The zero-order chi connectivity index (χ0) is 16.6. The van der Waals surface area contributed by atoms with Gasteiger partial charge in [-0.3, -0.25) is 4.79 Å². The molecule has 0 bridgehead atoms. The first-order valence-corrected chi connectivity index (χ1v) is 9.18. The highest BCUT2D eigenvalue weighted by molar-refractivity contribution is 7.10. The van der Waals surface area contributed by atoms with Gasteiger partial charge in [0, 0.05) is 23.0 Å². The van der Waals surface area contributed by atoms with E-state index in [1.807, 2.05) is 37.4 Å². The zero-order valence-corrected chi connectivity index (χ0v) is 15.2. The van der Waals surface area contributed by atoms with Crippen LogP contribution >= 0.6 is 11.3 Å². The summed E-state index contributed by atoms with van der Waals surface area (Å²) >= 11 is 1.77. The average molecular weight is 327 g/mol. The normalized spacial score (nSPS) is 17.7. The molecule has 1 amide bonds. The molecule has 3 rings (SSSR count). The molecule has 1 atom stereocenters. The van der Waals surface area contributed by atoms with Gasteiger partial charge >= 0.3 is 0 Å². The summed E-state index contributed by atoms with van der Waals surface area (Å²) in [5.74, 6) is 0.825. The molecule has 0 radical (unpaired) electrons. The minimum Gasteiger partial charge on any atom is -0.311 e. The molecule has 0 spiro atoms. The molecule has 1 aliphatic rings. The molecule has 122 valence electrons. The summed E-state index contributed by atoms with van der Waals surface area (Å²) in [6, 6.07) is 9.87. The lowest BCUT2D eigenvalue weighted by Gasteiger charge is -2.34. The number of para-hydroxylation sites is 1. The van der Waals surface area contributed by atoms with Crippen LogP contribution in [0.25, 0.3) is 0 Å². The number of hydrogen-bond donors (Lipinski definition) is 0. The van der Waals surface area contributed by atoms with Crippen molar-refractivity contribution in [2.75, 3.05) is 11.9 Å². The van der Waals surface area contributed by atoms with E-state index in [-0.39, 0.29) is 5.91 Å². The second-order valence-corrected chi connectivity index (χ2v) is 8.52. The van der Waals surface area contributed by atoms with Crippen molar-refractivity contribution in [1.82, 2.24) is 0 Å². The molecule has 0 fully saturated rings. The van der Waals surface area contributed by atoms with E-state index < -0.39 is 0 Å². The maximum atomic E-state index is 12.9. The monoisotopic (exact) mass is 327 g/mol. The van der Waals surface area contributed by atoms with Crippen LogP contribution in [0.5, 0.6) is 0 Å². The number of amides is 1. The van der Waals surface area contributed by atoms with Crippen molar-refractivity contribution in [3.8, 4) is 0 Å². The highest BCUT2D eigenvalue weighted by Gasteiger charge is 2.32. The Morgan fingerprint density at radius 2 is 1.91 bits per heavy atom. The Labute approximate surface area is 143 Å². The summed E-state index contributed by atoms with van der Waals surface area (Å²) < 4.78 is 0. The fourth-order valence-corrected chi connectivity index (χ4v) is 4.54. The number of rotatable bonds is 2. The van der Waals surface area contributed by atoms with E-state index in [1.165, 1.54) is 16.9 Å².